The third-order valence-electron chi connectivity index (χ3n) is 5.54. The second kappa shape index (κ2) is 8.04. The van der Waals surface area contributed by atoms with E-state index in [0.29, 0.717) is 40.4 Å². The summed E-state index contributed by atoms with van der Waals surface area (Å²) in [6.07, 6.45) is 3.98. The molecule has 4 aromatic rings. The van der Waals surface area contributed by atoms with Gasteiger partial charge in [0.15, 0.2) is 5.76 Å². The molecule has 5 rings (SSSR count). The summed E-state index contributed by atoms with van der Waals surface area (Å²) in [4.78, 5) is 21.5. The molecule has 1 aliphatic rings. The first-order valence-corrected chi connectivity index (χ1v) is 11.0. The van der Waals surface area contributed by atoms with Gasteiger partial charge in [0, 0.05) is 11.4 Å². The van der Waals surface area contributed by atoms with Gasteiger partial charge in [-0.25, -0.2) is 4.98 Å². The number of likely N-dealkylation sites (tertiary alicyclic amines) is 1. The zero-order valence-corrected chi connectivity index (χ0v) is 17.4. The van der Waals surface area contributed by atoms with Gasteiger partial charge in [-0.2, -0.15) is 0 Å². The molecule has 0 radical (unpaired) electrons. The molecule has 1 N–H and O–H groups in total. The van der Waals surface area contributed by atoms with Crippen LogP contribution in [0.2, 0.25) is 0 Å². The van der Waals surface area contributed by atoms with E-state index in [0.717, 1.165) is 13.1 Å². The topological polar surface area (TPSA) is 84.4 Å². The van der Waals surface area contributed by atoms with Crippen molar-refractivity contribution >= 4 is 28.3 Å². The van der Waals surface area contributed by atoms with Crippen LogP contribution in [0, 0.1) is 6.92 Å². The summed E-state index contributed by atoms with van der Waals surface area (Å²) >= 11 is 1.73. The smallest absolute Gasteiger partial charge is 0.259 e. The number of thiophene rings is 1. The molecule has 1 amide bonds. The lowest BCUT2D eigenvalue weighted by atomic mass is 10.1. The Balaban J connectivity index is 1.44. The summed E-state index contributed by atoms with van der Waals surface area (Å²) in [6.45, 7) is 4.48. The monoisotopic (exact) mass is 422 g/mol. The molecule has 0 bridgehead atoms. The maximum atomic E-state index is 13.3. The Hall–Kier alpha value is -2.97. The van der Waals surface area contributed by atoms with Crippen LogP contribution in [0.1, 0.15) is 39.8 Å². The fourth-order valence-corrected chi connectivity index (χ4v) is 4.91. The van der Waals surface area contributed by atoms with E-state index in [4.69, 9.17) is 8.94 Å². The predicted octanol–water partition coefficient (Wildman–Crippen LogP) is 4.42. The average Bonchev–Trinajstić information content (AvgIpc) is 3.55. The van der Waals surface area contributed by atoms with Gasteiger partial charge in [0.1, 0.15) is 5.69 Å². The van der Waals surface area contributed by atoms with Gasteiger partial charge < -0.3 is 14.3 Å². The Bertz CT molecular complexity index is 1140. The SMILES string of the molecule is Cc1noc2nc(-c3ccco3)cc(C(=O)NCC(c3cccs3)N3CCCC3)c12. The fourth-order valence-electron chi connectivity index (χ4n) is 4.05. The maximum absolute atomic E-state index is 13.3. The number of nitrogens with one attached hydrogen (secondary N) is 1. The number of nitrogens with zero attached hydrogens (tertiary/aromatic N) is 3. The Morgan fingerprint density at radius 1 is 1.30 bits per heavy atom. The lowest BCUT2D eigenvalue weighted by Gasteiger charge is -2.27. The van der Waals surface area contributed by atoms with Crippen molar-refractivity contribution in [2.75, 3.05) is 19.6 Å². The van der Waals surface area contributed by atoms with E-state index >= 15 is 0 Å². The molecule has 5 heterocycles. The Kier molecular flexibility index (Phi) is 5.10. The van der Waals surface area contributed by atoms with Crippen LogP contribution >= 0.6 is 11.3 Å². The molecule has 1 fully saturated rings. The third-order valence-corrected chi connectivity index (χ3v) is 6.52. The summed E-state index contributed by atoms with van der Waals surface area (Å²) in [5.41, 5.74) is 2.02. The van der Waals surface area contributed by atoms with E-state index in [1.54, 1.807) is 35.8 Å². The van der Waals surface area contributed by atoms with Crippen molar-refractivity contribution in [2.45, 2.75) is 25.8 Å². The molecular formula is C22H22N4O3S. The number of aryl methyl sites for hydroxylation is 1. The minimum Gasteiger partial charge on any atom is -0.463 e. The summed E-state index contributed by atoms with van der Waals surface area (Å²) in [7, 11) is 0. The Labute approximate surface area is 177 Å². The van der Waals surface area contributed by atoms with Crippen LogP contribution < -0.4 is 5.32 Å². The fraction of sp³-hybridized carbons (Fsp3) is 0.318. The van der Waals surface area contributed by atoms with E-state index in [1.807, 2.05) is 6.92 Å². The molecule has 7 nitrogen and oxygen atoms in total. The molecule has 1 saturated heterocycles. The summed E-state index contributed by atoms with van der Waals surface area (Å²) < 4.78 is 10.8. The van der Waals surface area contributed by atoms with Gasteiger partial charge in [-0.15, -0.1) is 11.3 Å². The van der Waals surface area contributed by atoms with Crippen molar-refractivity contribution in [3.63, 3.8) is 0 Å². The normalized spacial score (nSPS) is 15.6. The molecule has 154 valence electrons. The lowest BCUT2D eigenvalue weighted by Crippen LogP contribution is -2.36. The molecular weight excluding hydrogens is 400 g/mol. The first-order chi connectivity index (χ1) is 14.7. The van der Waals surface area contributed by atoms with Crippen LogP contribution in [-0.4, -0.2) is 40.6 Å². The molecule has 8 heteroatoms. The maximum Gasteiger partial charge on any atom is 0.259 e. The summed E-state index contributed by atoms with van der Waals surface area (Å²) in [5, 5.41) is 9.87. The van der Waals surface area contributed by atoms with Gasteiger partial charge in [0.05, 0.1) is 28.9 Å². The van der Waals surface area contributed by atoms with Gasteiger partial charge in [-0.1, -0.05) is 11.2 Å². The van der Waals surface area contributed by atoms with Crippen molar-refractivity contribution < 1.29 is 13.7 Å². The van der Waals surface area contributed by atoms with Crippen LogP contribution in [0.25, 0.3) is 22.6 Å². The first-order valence-electron chi connectivity index (χ1n) is 10.1. The van der Waals surface area contributed by atoms with E-state index in [2.05, 4.69) is 37.9 Å². The van der Waals surface area contributed by atoms with Gasteiger partial charge >= 0.3 is 0 Å². The number of aromatic nitrogens is 2. The standard InChI is InChI=1S/C22H22N4O3S/c1-14-20-15(12-16(18-6-4-10-28-18)24-22(20)29-25-14)21(27)23-13-17(19-7-5-11-30-19)26-8-2-3-9-26/h4-7,10-12,17H,2-3,8-9,13H2,1H3,(H,23,27). The molecule has 0 aliphatic carbocycles. The first kappa shape index (κ1) is 19.0. The molecule has 0 saturated carbocycles. The second-order valence-electron chi connectivity index (χ2n) is 7.46. The number of fused-ring (bicyclic) bond motifs is 1. The van der Waals surface area contributed by atoms with Crippen LogP contribution in [0.4, 0.5) is 0 Å². The minimum atomic E-state index is -0.165. The third kappa shape index (κ3) is 3.53. The number of hydrogen-bond acceptors (Lipinski definition) is 7. The molecule has 1 aliphatic heterocycles. The number of carbonyl (C=O) groups excluding carboxylic acids is 1. The number of amides is 1. The zero-order chi connectivity index (χ0) is 20.5. The highest BCUT2D eigenvalue weighted by Gasteiger charge is 2.26. The molecule has 0 spiro atoms. The number of carbonyl (C=O) groups is 1. The van der Waals surface area contributed by atoms with E-state index in [-0.39, 0.29) is 11.9 Å². The minimum absolute atomic E-state index is 0.165. The Morgan fingerprint density at radius 2 is 2.17 bits per heavy atom. The van der Waals surface area contributed by atoms with Crippen molar-refractivity contribution in [3.8, 4) is 11.5 Å². The van der Waals surface area contributed by atoms with Crippen molar-refractivity contribution in [1.82, 2.24) is 20.4 Å². The predicted molar refractivity (Wildman–Crippen MR) is 114 cm³/mol. The quantitative estimate of drug-likeness (QED) is 0.495. The highest BCUT2D eigenvalue weighted by atomic mass is 32.1. The number of hydrogen-bond donors (Lipinski definition) is 1. The highest BCUT2D eigenvalue weighted by molar-refractivity contribution is 7.10. The van der Waals surface area contributed by atoms with Gasteiger partial charge in [-0.05, 0) is 62.5 Å². The average molecular weight is 423 g/mol. The second-order valence-corrected chi connectivity index (χ2v) is 8.44. The molecule has 1 unspecified atom stereocenters. The zero-order valence-electron chi connectivity index (χ0n) is 16.6. The van der Waals surface area contributed by atoms with Gasteiger partial charge in [0.25, 0.3) is 11.6 Å². The van der Waals surface area contributed by atoms with Crippen LogP contribution in [0.15, 0.2) is 50.9 Å². The van der Waals surface area contributed by atoms with Crippen molar-refractivity contribution in [2.24, 2.45) is 0 Å². The van der Waals surface area contributed by atoms with Gasteiger partial charge in [0.2, 0.25) is 0 Å². The number of pyridine rings is 1. The lowest BCUT2D eigenvalue weighted by molar-refractivity contribution is 0.0940. The molecule has 4 aromatic heterocycles. The molecule has 30 heavy (non-hydrogen) atoms. The largest absolute Gasteiger partial charge is 0.463 e. The van der Waals surface area contributed by atoms with Crippen LogP contribution in [0.5, 0.6) is 0 Å². The van der Waals surface area contributed by atoms with Crippen molar-refractivity contribution in [1.29, 1.82) is 0 Å². The van der Waals surface area contributed by atoms with Crippen molar-refractivity contribution in [3.05, 3.63) is 58.1 Å². The molecule has 0 aromatic carbocycles. The van der Waals surface area contributed by atoms with Crippen LogP contribution in [-0.2, 0) is 0 Å². The molecule has 1 atom stereocenters. The Morgan fingerprint density at radius 3 is 2.90 bits per heavy atom. The number of furan rings is 1. The summed E-state index contributed by atoms with van der Waals surface area (Å²) in [5.74, 6) is 0.413. The van der Waals surface area contributed by atoms with Gasteiger partial charge in [-0.3, -0.25) is 9.69 Å². The number of rotatable bonds is 6. The van der Waals surface area contributed by atoms with E-state index in [9.17, 15) is 4.79 Å². The van der Waals surface area contributed by atoms with E-state index < -0.39 is 0 Å². The van der Waals surface area contributed by atoms with Crippen LogP contribution in [0.3, 0.4) is 0 Å². The highest BCUT2D eigenvalue weighted by Crippen LogP contribution is 2.29. The summed E-state index contributed by atoms with van der Waals surface area (Å²) in [6, 6.07) is 9.73. The van der Waals surface area contributed by atoms with E-state index in [1.165, 1.54) is 17.7 Å².